The monoisotopic (exact) mass is 497 g/mol. The number of rotatable bonds is 3. The minimum Gasteiger partial charge on any atom is -0.368 e. The fourth-order valence-electron chi connectivity index (χ4n) is 5.28. The Balaban J connectivity index is 1.30. The Hall–Kier alpha value is -3.61. The fourth-order valence-corrected chi connectivity index (χ4v) is 5.59. The average Bonchev–Trinajstić information content (AvgIpc) is 3.32. The molecule has 0 atom stereocenters. The van der Waals surface area contributed by atoms with E-state index < -0.39 is 0 Å². The van der Waals surface area contributed by atoms with E-state index in [1.54, 1.807) is 12.4 Å². The van der Waals surface area contributed by atoms with Gasteiger partial charge in [-0.1, -0.05) is 41.9 Å². The molecule has 6 rings (SSSR count). The second-order valence-corrected chi connectivity index (χ2v) is 9.90. The van der Waals surface area contributed by atoms with E-state index in [-0.39, 0.29) is 6.03 Å². The van der Waals surface area contributed by atoms with E-state index in [0.717, 1.165) is 82.1 Å². The third kappa shape index (κ3) is 4.16. The van der Waals surface area contributed by atoms with E-state index in [4.69, 9.17) is 11.6 Å². The Labute approximate surface area is 216 Å². The maximum atomic E-state index is 13.5. The van der Waals surface area contributed by atoms with Crippen LogP contribution >= 0.6 is 11.6 Å². The number of halogens is 1. The Kier molecular flexibility index (Phi) is 5.99. The molecule has 0 spiro atoms. The van der Waals surface area contributed by atoms with E-state index in [1.165, 1.54) is 0 Å². The first-order chi connectivity index (χ1) is 17.6. The van der Waals surface area contributed by atoms with Crippen molar-refractivity contribution in [3.05, 3.63) is 83.6 Å². The van der Waals surface area contributed by atoms with Crippen molar-refractivity contribution in [2.75, 3.05) is 54.9 Å². The van der Waals surface area contributed by atoms with Crippen molar-refractivity contribution < 1.29 is 4.79 Å². The molecule has 3 heterocycles. The summed E-state index contributed by atoms with van der Waals surface area (Å²) in [5, 5.41) is 6.05. The summed E-state index contributed by atoms with van der Waals surface area (Å²) >= 11 is 6.69. The van der Waals surface area contributed by atoms with Crippen LogP contribution in [0.1, 0.15) is 5.56 Å². The predicted molar refractivity (Wildman–Crippen MR) is 148 cm³/mol. The molecule has 1 saturated heterocycles. The molecule has 1 N–H and O–H groups in total. The molecule has 6 nitrogen and oxygen atoms in total. The summed E-state index contributed by atoms with van der Waals surface area (Å²) in [4.78, 5) is 24.2. The van der Waals surface area contributed by atoms with Crippen LogP contribution in [0.15, 0.2) is 73.1 Å². The molecule has 2 amide bonds. The van der Waals surface area contributed by atoms with Crippen LogP contribution in [-0.4, -0.2) is 55.7 Å². The third-order valence-corrected chi connectivity index (χ3v) is 7.59. The zero-order valence-corrected chi connectivity index (χ0v) is 21.0. The number of pyridine rings is 1. The summed E-state index contributed by atoms with van der Waals surface area (Å²) in [5.74, 6) is 0. The maximum Gasteiger partial charge on any atom is 0.326 e. The number of benzene rings is 3. The van der Waals surface area contributed by atoms with Crippen LogP contribution in [0, 0.1) is 0 Å². The van der Waals surface area contributed by atoms with Gasteiger partial charge in [-0.15, -0.1) is 0 Å². The summed E-state index contributed by atoms with van der Waals surface area (Å²) in [6.45, 7) is 4.49. The number of amides is 2. The Morgan fingerprint density at radius 3 is 2.44 bits per heavy atom. The number of piperazine rings is 1. The summed E-state index contributed by atoms with van der Waals surface area (Å²) in [5.41, 5.74) is 6.09. The van der Waals surface area contributed by atoms with E-state index in [2.05, 4.69) is 51.4 Å². The van der Waals surface area contributed by atoms with Crippen molar-refractivity contribution in [3.63, 3.8) is 0 Å². The van der Waals surface area contributed by atoms with Crippen molar-refractivity contribution in [2.24, 2.45) is 0 Å². The van der Waals surface area contributed by atoms with Gasteiger partial charge in [0.15, 0.2) is 0 Å². The molecule has 182 valence electrons. The highest BCUT2D eigenvalue weighted by atomic mass is 35.5. The van der Waals surface area contributed by atoms with Gasteiger partial charge in [0, 0.05) is 50.5 Å². The van der Waals surface area contributed by atoms with Gasteiger partial charge in [0.05, 0.1) is 22.1 Å². The standard InChI is InChI=1S/C29H28ClN5O/c1-33-14-16-34(17-15-33)28-19-27-21(18-25(28)30)10-13-35(27)29(36)32-26-7-3-5-23-22(4-2-6-24(23)26)20-8-11-31-12-9-20/h2-9,11-12,18-19H,10,13-17H2,1H3,(H,32,36). The highest BCUT2D eigenvalue weighted by Crippen LogP contribution is 2.39. The van der Waals surface area contributed by atoms with Crippen LogP contribution in [-0.2, 0) is 6.42 Å². The van der Waals surface area contributed by atoms with Crippen molar-refractivity contribution in [3.8, 4) is 11.1 Å². The van der Waals surface area contributed by atoms with Gasteiger partial charge >= 0.3 is 6.03 Å². The third-order valence-electron chi connectivity index (χ3n) is 7.29. The van der Waals surface area contributed by atoms with Crippen LogP contribution in [0.4, 0.5) is 21.9 Å². The van der Waals surface area contributed by atoms with Crippen molar-refractivity contribution in [1.82, 2.24) is 9.88 Å². The quantitative estimate of drug-likeness (QED) is 0.383. The van der Waals surface area contributed by atoms with Gasteiger partial charge in [0.25, 0.3) is 0 Å². The summed E-state index contributed by atoms with van der Waals surface area (Å²) in [7, 11) is 2.14. The van der Waals surface area contributed by atoms with Gasteiger partial charge in [-0.2, -0.15) is 0 Å². The van der Waals surface area contributed by atoms with Crippen LogP contribution in [0.5, 0.6) is 0 Å². The molecule has 0 aliphatic carbocycles. The molecule has 0 radical (unpaired) electrons. The number of aromatic nitrogens is 1. The van der Waals surface area contributed by atoms with E-state index >= 15 is 0 Å². The molecule has 36 heavy (non-hydrogen) atoms. The maximum absolute atomic E-state index is 13.5. The lowest BCUT2D eigenvalue weighted by Gasteiger charge is -2.35. The minimum atomic E-state index is -0.123. The number of nitrogens with zero attached hydrogens (tertiary/aromatic N) is 4. The van der Waals surface area contributed by atoms with Crippen LogP contribution in [0.2, 0.25) is 5.02 Å². The first-order valence-electron chi connectivity index (χ1n) is 12.3. The average molecular weight is 498 g/mol. The van der Waals surface area contributed by atoms with Crippen molar-refractivity contribution >= 4 is 45.5 Å². The molecule has 7 heteroatoms. The minimum absolute atomic E-state index is 0.123. The Bertz CT molecular complexity index is 1430. The zero-order chi connectivity index (χ0) is 24.6. The molecule has 4 aromatic rings. The highest BCUT2D eigenvalue weighted by molar-refractivity contribution is 6.33. The predicted octanol–water partition coefficient (Wildman–Crippen LogP) is 5.90. The topological polar surface area (TPSA) is 51.7 Å². The summed E-state index contributed by atoms with van der Waals surface area (Å²) in [6.07, 6.45) is 4.40. The zero-order valence-electron chi connectivity index (χ0n) is 20.2. The van der Waals surface area contributed by atoms with Gasteiger partial charge in [-0.25, -0.2) is 4.79 Å². The van der Waals surface area contributed by atoms with Crippen LogP contribution < -0.4 is 15.1 Å². The molecular formula is C29H28ClN5O. The number of carbonyl (C=O) groups excluding carboxylic acids is 1. The van der Waals surface area contributed by atoms with Gasteiger partial charge in [-0.05, 0) is 65.9 Å². The second kappa shape index (κ2) is 9.45. The number of fused-ring (bicyclic) bond motifs is 2. The molecule has 0 bridgehead atoms. The lowest BCUT2D eigenvalue weighted by Crippen LogP contribution is -2.44. The molecule has 3 aromatic carbocycles. The normalized spacial score (nSPS) is 15.8. The number of anilines is 3. The molecule has 1 fully saturated rings. The molecule has 2 aliphatic rings. The van der Waals surface area contributed by atoms with E-state index in [9.17, 15) is 4.79 Å². The Morgan fingerprint density at radius 1 is 0.889 bits per heavy atom. The molecule has 0 unspecified atom stereocenters. The molecule has 2 aliphatic heterocycles. The van der Waals surface area contributed by atoms with Gasteiger partial charge in [-0.3, -0.25) is 9.88 Å². The van der Waals surface area contributed by atoms with Crippen LogP contribution in [0.3, 0.4) is 0 Å². The molecule has 0 saturated carbocycles. The van der Waals surface area contributed by atoms with Gasteiger partial charge < -0.3 is 15.1 Å². The highest BCUT2D eigenvalue weighted by Gasteiger charge is 2.28. The van der Waals surface area contributed by atoms with Gasteiger partial charge in [0.1, 0.15) is 0 Å². The Morgan fingerprint density at radius 2 is 1.64 bits per heavy atom. The van der Waals surface area contributed by atoms with Crippen LogP contribution in [0.25, 0.3) is 21.9 Å². The number of urea groups is 1. The molecular weight excluding hydrogens is 470 g/mol. The first kappa shape index (κ1) is 22.8. The number of hydrogen-bond acceptors (Lipinski definition) is 4. The summed E-state index contributed by atoms with van der Waals surface area (Å²) in [6, 6.07) is 20.3. The number of carbonyl (C=O) groups is 1. The van der Waals surface area contributed by atoms with Gasteiger partial charge in [0.2, 0.25) is 0 Å². The van der Waals surface area contributed by atoms with Crippen molar-refractivity contribution in [1.29, 1.82) is 0 Å². The number of nitrogens with one attached hydrogen (secondary N) is 1. The van der Waals surface area contributed by atoms with Crippen molar-refractivity contribution in [2.45, 2.75) is 6.42 Å². The smallest absolute Gasteiger partial charge is 0.326 e. The number of likely N-dealkylation sites (N-methyl/N-ethyl adjacent to an activating group) is 1. The number of hydrogen-bond donors (Lipinski definition) is 1. The lowest BCUT2D eigenvalue weighted by atomic mass is 9.98. The largest absolute Gasteiger partial charge is 0.368 e. The first-order valence-corrected chi connectivity index (χ1v) is 12.7. The lowest BCUT2D eigenvalue weighted by molar-refractivity contribution is 0.257. The fraction of sp³-hybridized carbons (Fsp3) is 0.241. The van der Waals surface area contributed by atoms with E-state index in [1.807, 2.05) is 41.3 Å². The second-order valence-electron chi connectivity index (χ2n) is 9.50. The molecule has 1 aromatic heterocycles. The SMILES string of the molecule is CN1CCN(c2cc3c(cc2Cl)CCN3C(=O)Nc2cccc3c(-c4ccncc4)cccc23)CC1. The van der Waals surface area contributed by atoms with E-state index in [0.29, 0.717) is 6.54 Å². The summed E-state index contributed by atoms with van der Waals surface area (Å²) < 4.78 is 0.